The van der Waals surface area contributed by atoms with Crippen molar-refractivity contribution in [2.45, 2.75) is 36.2 Å². The van der Waals surface area contributed by atoms with E-state index in [1.54, 1.807) is 18.2 Å². The Morgan fingerprint density at radius 3 is 2.45 bits per heavy atom. The molecular weight excluding hydrogens is 411 g/mol. The molecule has 0 aliphatic carbocycles. The van der Waals surface area contributed by atoms with Crippen molar-refractivity contribution in [3.8, 4) is 11.4 Å². The summed E-state index contributed by atoms with van der Waals surface area (Å²) in [6, 6.07) is 16.0. The first kappa shape index (κ1) is 21.3. The lowest BCUT2D eigenvalue weighted by atomic mass is 10.1. The Bertz CT molecular complexity index is 1030. The Morgan fingerprint density at radius 1 is 1.06 bits per heavy atom. The van der Waals surface area contributed by atoms with Crippen LogP contribution in [0.5, 0.6) is 0 Å². The average Bonchev–Trinajstić information content (AvgIpc) is 3.21. The third-order valence-corrected chi connectivity index (χ3v) is 6.57. The lowest BCUT2D eigenvalue weighted by molar-refractivity contribution is -0.131. The molecule has 1 fully saturated rings. The average molecular weight is 437 g/mol. The van der Waals surface area contributed by atoms with Gasteiger partial charge in [0, 0.05) is 25.2 Å². The first-order valence-corrected chi connectivity index (χ1v) is 11.4. The highest BCUT2D eigenvalue weighted by Crippen LogP contribution is 2.37. The van der Waals surface area contributed by atoms with Gasteiger partial charge in [0.05, 0.1) is 0 Å². The molecule has 0 saturated carbocycles. The quantitative estimate of drug-likeness (QED) is 0.381. The van der Waals surface area contributed by atoms with Gasteiger partial charge >= 0.3 is 0 Å². The van der Waals surface area contributed by atoms with Crippen LogP contribution < -0.4 is 0 Å². The summed E-state index contributed by atoms with van der Waals surface area (Å²) in [5.74, 6) is 0.427. The van der Waals surface area contributed by atoms with Crippen molar-refractivity contribution in [3.05, 3.63) is 78.6 Å². The van der Waals surface area contributed by atoms with E-state index < -0.39 is 5.25 Å². The van der Waals surface area contributed by atoms with Gasteiger partial charge in [-0.1, -0.05) is 48.2 Å². The van der Waals surface area contributed by atoms with Gasteiger partial charge in [-0.25, -0.2) is 4.39 Å². The molecule has 1 saturated heterocycles. The predicted octanol–water partition coefficient (Wildman–Crippen LogP) is 5.12. The molecule has 0 unspecified atom stereocenters. The van der Waals surface area contributed by atoms with Crippen molar-refractivity contribution in [2.24, 2.45) is 0 Å². The highest BCUT2D eigenvalue weighted by Gasteiger charge is 2.30. The standard InChI is InChI=1S/C24H25FN4OS/c1-2-15-29-22(19-11-13-20(25)14-12-19)26-27-24(29)31-21(18-9-5-3-6-10-18)23(30)28-16-7-4-8-17-28/h2-3,5-6,9-14,21H,1,4,7-8,15-17H2/t21-/m0/s1. The van der Waals surface area contributed by atoms with E-state index in [1.807, 2.05) is 39.8 Å². The molecule has 1 aliphatic rings. The molecule has 1 atom stereocenters. The SMILES string of the molecule is C=CCn1c(S[C@H](C(=O)N2CCCCC2)c2ccccc2)nnc1-c1ccc(F)cc1. The van der Waals surface area contributed by atoms with Crippen LogP contribution in [0.25, 0.3) is 11.4 Å². The van der Waals surface area contributed by atoms with Gasteiger partial charge < -0.3 is 4.90 Å². The van der Waals surface area contributed by atoms with E-state index in [1.165, 1.54) is 30.3 Å². The number of hydrogen-bond donors (Lipinski definition) is 0. The molecule has 1 amide bonds. The summed E-state index contributed by atoms with van der Waals surface area (Å²) in [6.45, 7) is 5.93. The van der Waals surface area contributed by atoms with Crippen LogP contribution in [0.1, 0.15) is 30.1 Å². The van der Waals surface area contributed by atoms with Crippen LogP contribution in [0.15, 0.2) is 72.4 Å². The number of hydrogen-bond acceptors (Lipinski definition) is 4. The van der Waals surface area contributed by atoms with Crippen LogP contribution in [0.3, 0.4) is 0 Å². The van der Waals surface area contributed by atoms with Gasteiger partial charge in [0.15, 0.2) is 11.0 Å². The summed E-state index contributed by atoms with van der Waals surface area (Å²) in [5.41, 5.74) is 1.71. The number of rotatable bonds is 7. The van der Waals surface area contributed by atoms with Crippen LogP contribution >= 0.6 is 11.8 Å². The first-order valence-electron chi connectivity index (χ1n) is 10.5. The Kier molecular flexibility index (Phi) is 6.82. The minimum atomic E-state index is -0.409. The third kappa shape index (κ3) is 4.88. The number of carbonyl (C=O) groups is 1. The van der Waals surface area contributed by atoms with E-state index >= 15 is 0 Å². The molecule has 3 aromatic rings. The number of halogens is 1. The smallest absolute Gasteiger partial charge is 0.240 e. The van der Waals surface area contributed by atoms with Gasteiger partial charge in [-0.3, -0.25) is 9.36 Å². The molecule has 2 heterocycles. The monoisotopic (exact) mass is 436 g/mol. The Hall–Kier alpha value is -2.93. The lowest BCUT2D eigenvalue weighted by Crippen LogP contribution is -2.38. The molecule has 0 N–H and O–H groups in total. The maximum absolute atomic E-state index is 13.5. The van der Waals surface area contributed by atoms with Gasteiger partial charge in [-0.05, 0) is 49.1 Å². The Labute approximate surface area is 186 Å². The first-order chi connectivity index (χ1) is 15.2. The number of aromatic nitrogens is 3. The van der Waals surface area contributed by atoms with Crippen molar-refractivity contribution in [1.82, 2.24) is 19.7 Å². The summed E-state index contributed by atoms with van der Waals surface area (Å²) in [4.78, 5) is 15.4. The summed E-state index contributed by atoms with van der Waals surface area (Å²) >= 11 is 1.41. The molecule has 7 heteroatoms. The number of thioether (sulfide) groups is 1. The number of benzene rings is 2. The van der Waals surface area contributed by atoms with E-state index in [9.17, 15) is 9.18 Å². The zero-order valence-electron chi connectivity index (χ0n) is 17.3. The molecule has 160 valence electrons. The lowest BCUT2D eigenvalue weighted by Gasteiger charge is -2.30. The summed E-state index contributed by atoms with van der Waals surface area (Å²) in [7, 11) is 0. The van der Waals surface area contributed by atoms with Gasteiger partial charge in [-0.15, -0.1) is 16.8 Å². The zero-order chi connectivity index (χ0) is 21.6. The molecule has 5 nitrogen and oxygen atoms in total. The normalized spacial score (nSPS) is 14.9. The van der Waals surface area contributed by atoms with Crippen molar-refractivity contribution in [2.75, 3.05) is 13.1 Å². The second-order valence-electron chi connectivity index (χ2n) is 7.51. The number of allylic oxidation sites excluding steroid dienone is 1. The summed E-state index contributed by atoms with van der Waals surface area (Å²) < 4.78 is 15.3. The summed E-state index contributed by atoms with van der Waals surface area (Å²) in [6.07, 6.45) is 5.02. The Balaban J connectivity index is 1.68. The maximum Gasteiger partial charge on any atom is 0.240 e. The van der Waals surface area contributed by atoms with Crippen LogP contribution in [0.2, 0.25) is 0 Å². The second-order valence-corrected chi connectivity index (χ2v) is 8.58. The van der Waals surface area contributed by atoms with E-state index in [0.717, 1.165) is 37.1 Å². The topological polar surface area (TPSA) is 51.0 Å². The number of amides is 1. The maximum atomic E-state index is 13.5. The molecule has 31 heavy (non-hydrogen) atoms. The van der Waals surface area contributed by atoms with E-state index in [2.05, 4.69) is 16.8 Å². The minimum Gasteiger partial charge on any atom is -0.341 e. The molecule has 0 bridgehead atoms. The molecule has 2 aromatic carbocycles. The van der Waals surface area contributed by atoms with E-state index in [4.69, 9.17) is 0 Å². The second kappa shape index (κ2) is 9.92. The van der Waals surface area contributed by atoms with Crippen molar-refractivity contribution < 1.29 is 9.18 Å². The molecule has 1 aliphatic heterocycles. The fourth-order valence-electron chi connectivity index (χ4n) is 3.76. The minimum absolute atomic E-state index is 0.104. The molecule has 4 rings (SSSR count). The highest BCUT2D eigenvalue weighted by atomic mass is 32.2. The van der Waals surface area contributed by atoms with E-state index in [-0.39, 0.29) is 11.7 Å². The van der Waals surface area contributed by atoms with Gasteiger partial charge in [0.1, 0.15) is 11.1 Å². The van der Waals surface area contributed by atoms with Crippen LogP contribution in [-0.4, -0.2) is 38.7 Å². The third-order valence-electron chi connectivity index (χ3n) is 5.35. The predicted molar refractivity (Wildman–Crippen MR) is 121 cm³/mol. The largest absolute Gasteiger partial charge is 0.341 e. The number of piperidine rings is 1. The van der Waals surface area contributed by atoms with Crippen molar-refractivity contribution >= 4 is 17.7 Å². The molecule has 0 spiro atoms. The number of likely N-dealkylation sites (tertiary alicyclic amines) is 1. The van der Waals surface area contributed by atoms with Crippen LogP contribution in [-0.2, 0) is 11.3 Å². The summed E-state index contributed by atoms with van der Waals surface area (Å²) in [5, 5.41) is 8.97. The highest BCUT2D eigenvalue weighted by molar-refractivity contribution is 8.00. The zero-order valence-corrected chi connectivity index (χ0v) is 18.1. The van der Waals surface area contributed by atoms with Gasteiger partial charge in [0.2, 0.25) is 5.91 Å². The van der Waals surface area contributed by atoms with Crippen LogP contribution in [0.4, 0.5) is 4.39 Å². The van der Waals surface area contributed by atoms with Gasteiger partial charge in [0.25, 0.3) is 0 Å². The number of carbonyl (C=O) groups excluding carboxylic acids is 1. The molecular formula is C24H25FN4OS. The van der Waals surface area contributed by atoms with Crippen LogP contribution in [0, 0.1) is 5.82 Å². The fourth-order valence-corrected chi connectivity index (χ4v) is 4.89. The van der Waals surface area contributed by atoms with Gasteiger partial charge in [-0.2, -0.15) is 0 Å². The fraction of sp³-hybridized carbons (Fsp3) is 0.292. The van der Waals surface area contributed by atoms with Crippen molar-refractivity contribution in [1.29, 1.82) is 0 Å². The molecule has 1 aromatic heterocycles. The number of nitrogens with zero attached hydrogens (tertiary/aromatic N) is 4. The van der Waals surface area contributed by atoms with Crippen molar-refractivity contribution in [3.63, 3.8) is 0 Å². The van der Waals surface area contributed by atoms with E-state index in [0.29, 0.717) is 17.5 Å². The molecule has 0 radical (unpaired) electrons. The Morgan fingerprint density at radius 2 is 1.77 bits per heavy atom.